The lowest BCUT2D eigenvalue weighted by Gasteiger charge is -2.30. The smallest absolute Gasteiger partial charge is 0.216 e. The largest absolute Gasteiger partial charge is 0.444 e. The van der Waals surface area contributed by atoms with E-state index in [1.165, 1.54) is 5.56 Å². The minimum absolute atomic E-state index is 0. The quantitative estimate of drug-likeness (QED) is 0.310. The molecular weight excluding hydrogens is 465 g/mol. The van der Waals surface area contributed by atoms with Crippen molar-refractivity contribution in [1.29, 1.82) is 0 Å². The Morgan fingerprint density at radius 3 is 2.32 bits per heavy atom. The molecule has 0 saturated heterocycles. The summed E-state index contributed by atoms with van der Waals surface area (Å²) in [5.41, 5.74) is 2.23. The molecule has 0 bridgehead atoms. The van der Waals surface area contributed by atoms with E-state index in [0.29, 0.717) is 12.4 Å². The van der Waals surface area contributed by atoms with E-state index in [-0.39, 0.29) is 30.0 Å². The second kappa shape index (κ2) is 12.8. The molecule has 2 rings (SSSR count). The van der Waals surface area contributed by atoms with Crippen molar-refractivity contribution in [3.63, 3.8) is 0 Å². The summed E-state index contributed by atoms with van der Waals surface area (Å²) in [5.74, 6) is 2.27. The molecular formula is C21H34IN5O. The number of oxazole rings is 1. The fourth-order valence-electron chi connectivity index (χ4n) is 3.09. The number of aryl methyl sites for hydroxylation is 2. The zero-order chi connectivity index (χ0) is 19.6. The molecule has 6 nitrogen and oxygen atoms in total. The number of aromatic nitrogens is 1. The Balaban J connectivity index is 0.00000392. The van der Waals surface area contributed by atoms with Crippen LogP contribution in [0.25, 0.3) is 0 Å². The molecule has 0 fully saturated rings. The van der Waals surface area contributed by atoms with Crippen LogP contribution in [0.3, 0.4) is 0 Å². The molecule has 0 saturated carbocycles. The topological polar surface area (TPSA) is 65.7 Å². The highest BCUT2D eigenvalue weighted by atomic mass is 127. The van der Waals surface area contributed by atoms with Crippen molar-refractivity contribution in [3.05, 3.63) is 53.2 Å². The van der Waals surface area contributed by atoms with Gasteiger partial charge in [-0.15, -0.1) is 24.0 Å². The highest BCUT2D eigenvalue weighted by molar-refractivity contribution is 14.0. The molecule has 156 valence electrons. The molecule has 28 heavy (non-hydrogen) atoms. The Bertz CT molecular complexity index is 693. The van der Waals surface area contributed by atoms with Crippen LogP contribution >= 0.6 is 24.0 Å². The summed E-state index contributed by atoms with van der Waals surface area (Å²) in [6, 6.07) is 10.9. The first-order valence-corrected chi connectivity index (χ1v) is 9.83. The van der Waals surface area contributed by atoms with E-state index in [1.54, 1.807) is 0 Å². The lowest BCUT2D eigenvalue weighted by Crippen LogP contribution is -2.43. The zero-order valence-corrected chi connectivity index (χ0v) is 20.0. The van der Waals surface area contributed by atoms with E-state index in [1.807, 2.05) is 13.8 Å². The predicted molar refractivity (Wildman–Crippen MR) is 126 cm³/mol. The van der Waals surface area contributed by atoms with Gasteiger partial charge in [-0.05, 0) is 39.4 Å². The summed E-state index contributed by atoms with van der Waals surface area (Å²) in [4.78, 5) is 11.5. The predicted octanol–water partition coefficient (Wildman–Crippen LogP) is 4.05. The molecule has 1 aromatic heterocycles. The molecule has 0 spiro atoms. The van der Waals surface area contributed by atoms with Crippen LogP contribution in [-0.4, -0.2) is 42.0 Å². The standard InChI is InChI=1S/C21H33N5O.HI/c1-6-22-21(24-15-20-25-16(4)17(5)27-20)23-14-19(26(7-2)8-3)18-12-10-9-11-13-18;/h9-13,19H,6-8,14-15H2,1-5H3,(H2,22,23,24);1H. The monoisotopic (exact) mass is 499 g/mol. The van der Waals surface area contributed by atoms with Gasteiger partial charge in [-0.2, -0.15) is 0 Å². The average Bonchev–Trinajstić information content (AvgIpc) is 3.01. The van der Waals surface area contributed by atoms with Gasteiger partial charge in [0.05, 0.1) is 11.7 Å². The van der Waals surface area contributed by atoms with Crippen molar-refractivity contribution in [1.82, 2.24) is 20.5 Å². The molecule has 0 amide bonds. The maximum atomic E-state index is 5.63. The van der Waals surface area contributed by atoms with Gasteiger partial charge >= 0.3 is 0 Å². The van der Waals surface area contributed by atoms with Crippen LogP contribution in [0, 0.1) is 13.8 Å². The number of rotatable bonds is 9. The van der Waals surface area contributed by atoms with Crippen LogP contribution < -0.4 is 10.6 Å². The third kappa shape index (κ3) is 7.09. The van der Waals surface area contributed by atoms with Gasteiger partial charge in [0.15, 0.2) is 5.96 Å². The summed E-state index contributed by atoms with van der Waals surface area (Å²) >= 11 is 0. The second-order valence-corrected chi connectivity index (χ2v) is 6.47. The van der Waals surface area contributed by atoms with Gasteiger partial charge in [-0.3, -0.25) is 4.90 Å². The second-order valence-electron chi connectivity index (χ2n) is 6.47. The van der Waals surface area contributed by atoms with Crippen molar-refractivity contribution >= 4 is 29.9 Å². The molecule has 0 aliphatic rings. The van der Waals surface area contributed by atoms with Crippen LogP contribution in [-0.2, 0) is 6.54 Å². The Hall–Kier alpha value is -1.61. The summed E-state index contributed by atoms with van der Waals surface area (Å²) in [6.07, 6.45) is 0. The summed E-state index contributed by atoms with van der Waals surface area (Å²) in [6.45, 7) is 14.3. The molecule has 1 atom stereocenters. The van der Waals surface area contributed by atoms with Gasteiger partial charge in [-0.25, -0.2) is 9.98 Å². The first-order chi connectivity index (χ1) is 13.1. The number of likely N-dealkylation sites (N-methyl/N-ethyl adjacent to an activating group) is 1. The highest BCUT2D eigenvalue weighted by Gasteiger charge is 2.18. The van der Waals surface area contributed by atoms with E-state index in [2.05, 4.69) is 76.6 Å². The summed E-state index contributed by atoms with van der Waals surface area (Å²) in [5, 5.41) is 6.79. The maximum absolute atomic E-state index is 5.63. The molecule has 2 aromatic rings. The first-order valence-electron chi connectivity index (χ1n) is 9.83. The van der Waals surface area contributed by atoms with E-state index < -0.39 is 0 Å². The lowest BCUT2D eigenvalue weighted by molar-refractivity contribution is 0.219. The molecule has 1 unspecified atom stereocenters. The number of nitrogens with zero attached hydrogens (tertiary/aromatic N) is 3. The molecule has 2 N–H and O–H groups in total. The normalized spacial score (nSPS) is 12.6. The van der Waals surface area contributed by atoms with E-state index >= 15 is 0 Å². The van der Waals surface area contributed by atoms with E-state index in [4.69, 9.17) is 4.42 Å². The van der Waals surface area contributed by atoms with Crippen molar-refractivity contribution < 1.29 is 4.42 Å². The molecule has 0 aliphatic heterocycles. The average molecular weight is 499 g/mol. The molecule has 1 heterocycles. The highest BCUT2D eigenvalue weighted by Crippen LogP contribution is 2.19. The number of guanidine groups is 1. The first kappa shape index (κ1) is 24.4. The van der Waals surface area contributed by atoms with Crippen LogP contribution in [0.4, 0.5) is 0 Å². The zero-order valence-electron chi connectivity index (χ0n) is 17.7. The van der Waals surface area contributed by atoms with Crippen molar-refractivity contribution in [2.45, 2.75) is 47.2 Å². The number of halogens is 1. The SMILES string of the molecule is CCNC(=NCc1nc(C)c(C)o1)NCC(c1ccccc1)N(CC)CC.I. The van der Waals surface area contributed by atoms with Gasteiger partial charge in [0.2, 0.25) is 5.89 Å². The van der Waals surface area contributed by atoms with Crippen molar-refractivity contribution in [2.24, 2.45) is 4.99 Å². The van der Waals surface area contributed by atoms with Crippen LogP contribution in [0.15, 0.2) is 39.7 Å². The van der Waals surface area contributed by atoms with Crippen LogP contribution in [0.2, 0.25) is 0 Å². The third-order valence-corrected chi connectivity index (χ3v) is 4.69. The minimum atomic E-state index is 0. The van der Waals surface area contributed by atoms with Crippen molar-refractivity contribution in [3.8, 4) is 0 Å². The molecule has 7 heteroatoms. The Kier molecular flexibility index (Phi) is 11.1. The maximum Gasteiger partial charge on any atom is 0.216 e. The Morgan fingerprint density at radius 2 is 1.79 bits per heavy atom. The number of aliphatic imine (C=N–C) groups is 1. The number of nitrogens with one attached hydrogen (secondary N) is 2. The lowest BCUT2D eigenvalue weighted by atomic mass is 10.1. The fourth-order valence-corrected chi connectivity index (χ4v) is 3.09. The van der Waals surface area contributed by atoms with Gasteiger partial charge in [0.1, 0.15) is 12.3 Å². The Labute approximate surface area is 186 Å². The third-order valence-electron chi connectivity index (χ3n) is 4.69. The minimum Gasteiger partial charge on any atom is -0.444 e. The van der Waals surface area contributed by atoms with E-state index in [0.717, 1.165) is 43.6 Å². The van der Waals surface area contributed by atoms with E-state index in [9.17, 15) is 0 Å². The Morgan fingerprint density at radius 1 is 1.11 bits per heavy atom. The van der Waals surface area contributed by atoms with Gasteiger partial charge in [0, 0.05) is 13.1 Å². The number of benzene rings is 1. The van der Waals surface area contributed by atoms with Gasteiger partial charge in [0.25, 0.3) is 0 Å². The molecule has 0 aliphatic carbocycles. The fraction of sp³-hybridized carbons (Fsp3) is 0.524. The van der Waals surface area contributed by atoms with Crippen LogP contribution in [0.1, 0.15) is 49.7 Å². The summed E-state index contributed by atoms with van der Waals surface area (Å²) < 4.78 is 5.63. The van der Waals surface area contributed by atoms with Gasteiger partial charge < -0.3 is 15.1 Å². The van der Waals surface area contributed by atoms with Crippen molar-refractivity contribution in [2.75, 3.05) is 26.2 Å². The van der Waals surface area contributed by atoms with Crippen LogP contribution in [0.5, 0.6) is 0 Å². The van der Waals surface area contributed by atoms with Gasteiger partial charge in [-0.1, -0.05) is 44.2 Å². The number of hydrogen-bond donors (Lipinski definition) is 2. The summed E-state index contributed by atoms with van der Waals surface area (Å²) in [7, 11) is 0. The number of hydrogen-bond acceptors (Lipinski definition) is 4. The molecule has 1 aromatic carbocycles. The molecule has 0 radical (unpaired) electrons.